The molecule has 2 fully saturated rings. The molecule has 2 N–H and O–H groups in total. The van der Waals surface area contributed by atoms with E-state index >= 15 is 0 Å². The predicted octanol–water partition coefficient (Wildman–Crippen LogP) is 2.65. The van der Waals surface area contributed by atoms with Gasteiger partial charge in [-0.1, -0.05) is 54.6 Å². The van der Waals surface area contributed by atoms with Gasteiger partial charge in [0, 0.05) is 44.7 Å². The average Bonchev–Trinajstić information content (AvgIpc) is 3.18. The summed E-state index contributed by atoms with van der Waals surface area (Å²) in [4.78, 5) is 15.7. The van der Waals surface area contributed by atoms with Crippen molar-refractivity contribution >= 4 is 5.91 Å². The van der Waals surface area contributed by atoms with Gasteiger partial charge in [-0.25, -0.2) is 0 Å². The summed E-state index contributed by atoms with van der Waals surface area (Å²) in [5.74, 6) is 0.947. The first kappa shape index (κ1) is 17.9. The average molecular weight is 376 g/mol. The molecule has 2 saturated heterocycles. The largest absolute Gasteiger partial charge is 0.342 e. The number of carbonyl (C=O) groups excluding carboxylic acids is 1. The van der Waals surface area contributed by atoms with E-state index in [1.165, 1.54) is 16.7 Å². The fourth-order valence-corrected chi connectivity index (χ4v) is 5.60. The van der Waals surface area contributed by atoms with Gasteiger partial charge in [0.05, 0.1) is 5.92 Å². The number of nitrogens with one attached hydrogen (secondary N) is 2. The van der Waals surface area contributed by atoms with Crippen LogP contribution in [-0.4, -0.2) is 43.5 Å². The summed E-state index contributed by atoms with van der Waals surface area (Å²) in [5.41, 5.74) is 4.02. The Morgan fingerprint density at radius 1 is 0.929 bits per heavy atom. The first-order valence-electron chi connectivity index (χ1n) is 10.6. The molecule has 0 aromatic heterocycles. The third kappa shape index (κ3) is 2.96. The van der Waals surface area contributed by atoms with Crippen LogP contribution >= 0.6 is 0 Å². The quantitative estimate of drug-likeness (QED) is 0.848. The second-order valence-electron chi connectivity index (χ2n) is 8.61. The summed E-state index contributed by atoms with van der Waals surface area (Å²) >= 11 is 0. The third-order valence-corrected chi connectivity index (χ3v) is 7.14. The Balaban J connectivity index is 1.34. The molecular weight excluding hydrogens is 346 g/mol. The lowest BCUT2D eigenvalue weighted by Gasteiger charge is -2.42. The minimum atomic E-state index is -0.109. The summed E-state index contributed by atoms with van der Waals surface area (Å²) in [6.45, 7) is 5.21. The molecule has 0 bridgehead atoms. The number of amides is 1. The number of benzene rings is 2. The van der Waals surface area contributed by atoms with Crippen LogP contribution in [0.4, 0.5) is 0 Å². The van der Waals surface area contributed by atoms with Gasteiger partial charge >= 0.3 is 0 Å². The van der Waals surface area contributed by atoms with Crippen LogP contribution in [0.3, 0.4) is 0 Å². The zero-order chi connectivity index (χ0) is 19.0. The van der Waals surface area contributed by atoms with Crippen LogP contribution in [0.15, 0.2) is 54.6 Å². The molecule has 2 aromatic carbocycles. The molecule has 0 saturated carbocycles. The van der Waals surface area contributed by atoms with Gasteiger partial charge in [-0.15, -0.1) is 0 Å². The first-order chi connectivity index (χ1) is 13.8. The second kappa shape index (κ2) is 7.34. The minimum Gasteiger partial charge on any atom is -0.342 e. The van der Waals surface area contributed by atoms with Crippen LogP contribution in [0.1, 0.15) is 35.4 Å². The van der Waals surface area contributed by atoms with Crippen molar-refractivity contribution in [2.24, 2.45) is 5.92 Å². The molecule has 2 aromatic rings. The number of hydrogen-bond donors (Lipinski definition) is 2. The lowest BCUT2D eigenvalue weighted by Crippen LogP contribution is -2.54. The van der Waals surface area contributed by atoms with Crippen molar-refractivity contribution in [2.75, 3.05) is 32.7 Å². The van der Waals surface area contributed by atoms with Crippen molar-refractivity contribution in [1.29, 1.82) is 0 Å². The molecule has 2 atom stereocenters. The van der Waals surface area contributed by atoms with Gasteiger partial charge in [0.25, 0.3) is 0 Å². The van der Waals surface area contributed by atoms with Crippen molar-refractivity contribution in [3.8, 4) is 0 Å². The van der Waals surface area contributed by atoms with Gasteiger partial charge in [-0.3, -0.25) is 4.79 Å². The monoisotopic (exact) mass is 375 g/mol. The molecule has 4 nitrogen and oxygen atoms in total. The zero-order valence-electron chi connectivity index (χ0n) is 16.4. The van der Waals surface area contributed by atoms with E-state index in [0.717, 1.165) is 52.1 Å². The lowest BCUT2D eigenvalue weighted by molar-refractivity contribution is -0.137. The van der Waals surface area contributed by atoms with E-state index in [0.29, 0.717) is 11.8 Å². The maximum absolute atomic E-state index is 13.6. The molecule has 1 spiro atoms. The van der Waals surface area contributed by atoms with Gasteiger partial charge in [0.15, 0.2) is 0 Å². The van der Waals surface area contributed by atoms with E-state index in [-0.39, 0.29) is 11.3 Å². The highest BCUT2D eigenvalue weighted by atomic mass is 16.2. The molecule has 146 valence electrons. The maximum Gasteiger partial charge on any atom is 0.227 e. The number of nitrogens with zero attached hydrogens (tertiary/aromatic N) is 1. The van der Waals surface area contributed by atoms with Crippen LogP contribution < -0.4 is 10.6 Å². The molecule has 3 aliphatic heterocycles. The van der Waals surface area contributed by atoms with Gasteiger partial charge in [0.1, 0.15) is 0 Å². The van der Waals surface area contributed by atoms with Crippen molar-refractivity contribution in [3.05, 3.63) is 71.3 Å². The van der Waals surface area contributed by atoms with Gasteiger partial charge in [-0.2, -0.15) is 0 Å². The van der Waals surface area contributed by atoms with Crippen LogP contribution in [0.2, 0.25) is 0 Å². The minimum absolute atomic E-state index is 0.0229. The Kier molecular flexibility index (Phi) is 4.69. The van der Waals surface area contributed by atoms with Gasteiger partial charge < -0.3 is 15.5 Å². The molecule has 1 unspecified atom stereocenters. The molecule has 0 radical (unpaired) electrons. The number of rotatable bonds is 2. The van der Waals surface area contributed by atoms with Crippen LogP contribution in [-0.2, 0) is 16.8 Å². The SMILES string of the molecule is O=C([C@@H]1CNCC12CNCc1ccccc12)N1CCC(c2ccccc2)CC1. The summed E-state index contributed by atoms with van der Waals surface area (Å²) < 4.78 is 0. The van der Waals surface area contributed by atoms with Crippen LogP contribution in [0, 0.1) is 5.92 Å². The fraction of sp³-hybridized carbons (Fsp3) is 0.458. The molecule has 0 aliphatic carbocycles. The normalized spacial score (nSPS) is 27.7. The summed E-state index contributed by atoms with van der Waals surface area (Å²) in [5, 5.41) is 7.12. The summed E-state index contributed by atoms with van der Waals surface area (Å²) in [7, 11) is 0. The predicted molar refractivity (Wildman–Crippen MR) is 111 cm³/mol. The Morgan fingerprint density at radius 2 is 1.64 bits per heavy atom. The van der Waals surface area contributed by atoms with Crippen molar-refractivity contribution in [3.63, 3.8) is 0 Å². The van der Waals surface area contributed by atoms with Gasteiger partial charge in [-0.05, 0) is 35.4 Å². The van der Waals surface area contributed by atoms with Crippen molar-refractivity contribution in [1.82, 2.24) is 15.5 Å². The van der Waals surface area contributed by atoms with Gasteiger partial charge in [0.2, 0.25) is 5.91 Å². The number of fused-ring (bicyclic) bond motifs is 2. The maximum atomic E-state index is 13.6. The van der Waals surface area contributed by atoms with E-state index in [9.17, 15) is 4.79 Å². The summed E-state index contributed by atoms with van der Waals surface area (Å²) in [6, 6.07) is 19.4. The lowest BCUT2D eigenvalue weighted by atomic mass is 9.68. The standard InChI is InChI=1S/C24H29N3O/c28-23(27-12-10-19(11-13-27)18-6-2-1-3-7-18)22-15-26-17-24(22)16-25-14-20-8-4-5-9-21(20)24/h1-9,19,22,25-26H,10-17H2/t22-,24?/m0/s1. The first-order valence-corrected chi connectivity index (χ1v) is 10.6. The molecule has 3 heterocycles. The number of hydrogen-bond acceptors (Lipinski definition) is 3. The third-order valence-electron chi connectivity index (χ3n) is 7.14. The Morgan fingerprint density at radius 3 is 2.46 bits per heavy atom. The van der Waals surface area contributed by atoms with Crippen molar-refractivity contribution < 1.29 is 4.79 Å². The highest BCUT2D eigenvalue weighted by molar-refractivity contribution is 5.82. The Labute approximate surface area is 167 Å². The highest BCUT2D eigenvalue weighted by Gasteiger charge is 2.51. The Bertz CT molecular complexity index is 844. The molecule has 1 amide bonds. The molecule has 3 aliphatic rings. The fourth-order valence-electron chi connectivity index (χ4n) is 5.60. The topological polar surface area (TPSA) is 44.4 Å². The second-order valence-corrected chi connectivity index (χ2v) is 8.61. The van der Waals surface area contributed by atoms with Crippen LogP contribution in [0.25, 0.3) is 0 Å². The molecule has 4 heteroatoms. The zero-order valence-corrected chi connectivity index (χ0v) is 16.4. The van der Waals surface area contributed by atoms with E-state index in [2.05, 4.69) is 70.1 Å². The number of likely N-dealkylation sites (tertiary alicyclic amines) is 1. The summed E-state index contributed by atoms with van der Waals surface area (Å²) in [6.07, 6.45) is 2.13. The van der Waals surface area contributed by atoms with E-state index in [1.807, 2.05) is 0 Å². The smallest absolute Gasteiger partial charge is 0.227 e. The molecule has 5 rings (SSSR count). The van der Waals surface area contributed by atoms with Crippen molar-refractivity contribution in [2.45, 2.75) is 30.7 Å². The van der Waals surface area contributed by atoms with E-state index in [4.69, 9.17) is 0 Å². The van der Waals surface area contributed by atoms with E-state index < -0.39 is 0 Å². The Hall–Kier alpha value is -2.17. The highest BCUT2D eigenvalue weighted by Crippen LogP contribution is 2.41. The van der Waals surface area contributed by atoms with Crippen LogP contribution in [0.5, 0.6) is 0 Å². The molecule has 28 heavy (non-hydrogen) atoms. The van der Waals surface area contributed by atoms with E-state index in [1.54, 1.807) is 0 Å². The molecular formula is C24H29N3O. The number of piperidine rings is 1. The number of carbonyl (C=O) groups is 1.